The number of fused-ring (bicyclic) bond motifs is 1. The Balaban J connectivity index is 1.49. The van der Waals surface area contributed by atoms with Gasteiger partial charge in [0.15, 0.2) is 11.5 Å². The first kappa shape index (κ1) is 21.7. The molecule has 2 aliphatic rings. The summed E-state index contributed by atoms with van der Waals surface area (Å²) in [5.74, 6) is 0.414. The zero-order valence-corrected chi connectivity index (χ0v) is 18.5. The van der Waals surface area contributed by atoms with Gasteiger partial charge >= 0.3 is 5.97 Å². The highest BCUT2D eigenvalue weighted by Gasteiger charge is 2.34. The van der Waals surface area contributed by atoms with Crippen molar-refractivity contribution in [2.45, 2.75) is 6.04 Å². The number of carbonyl (C=O) groups excluding carboxylic acids is 2. The minimum atomic E-state index is -0.625. The number of halogens is 2. The second-order valence-corrected chi connectivity index (χ2v) is 8.07. The van der Waals surface area contributed by atoms with Gasteiger partial charge < -0.3 is 19.1 Å². The van der Waals surface area contributed by atoms with Gasteiger partial charge in [0, 0.05) is 36.8 Å². The maximum atomic E-state index is 13.1. The minimum absolute atomic E-state index is 0.147. The second-order valence-electron chi connectivity index (χ2n) is 7.26. The van der Waals surface area contributed by atoms with E-state index in [0.717, 1.165) is 0 Å². The van der Waals surface area contributed by atoms with Crippen molar-refractivity contribution in [3.05, 3.63) is 57.6 Å². The molecule has 0 saturated carbocycles. The molecular formula is C22H22Cl2N2O5. The Bertz CT molecular complexity index is 992. The van der Waals surface area contributed by atoms with Gasteiger partial charge in [-0.3, -0.25) is 9.69 Å². The van der Waals surface area contributed by atoms with E-state index >= 15 is 0 Å². The number of methoxy groups -OCH3 is 1. The normalized spacial score (nSPS) is 17.2. The van der Waals surface area contributed by atoms with E-state index in [2.05, 4.69) is 0 Å². The molecule has 1 fully saturated rings. The summed E-state index contributed by atoms with van der Waals surface area (Å²) in [7, 11) is 1.36. The fourth-order valence-corrected chi connectivity index (χ4v) is 4.39. The van der Waals surface area contributed by atoms with Crippen LogP contribution in [0.4, 0.5) is 0 Å². The number of ether oxygens (including phenoxy) is 3. The molecule has 0 aliphatic carbocycles. The van der Waals surface area contributed by atoms with Gasteiger partial charge in [-0.25, -0.2) is 4.79 Å². The Labute approximate surface area is 190 Å². The highest BCUT2D eigenvalue weighted by Crippen LogP contribution is 2.38. The Morgan fingerprint density at radius 3 is 2.42 bits per heavy atom. The molecule has 2 heterocycles. The molecule has 0 bridgehead atoms. The lowest BCUT2D eigenvalue weighted by atomic mass is 10.0. The molecule has 1 saturated heterocycles. The van der Waals surface area contributed by atoms with Crippen molar-refractivity contribution in [3.63, 3.8) is 0 Å². The highest BCUT2D eigenvalue weighted by atomic mass is 35.5. The topological polar surface area (TPSA) is 68.3 Å². The Hall–Kier alpha value is -2.48. The van der Waals surface area contributed by atoms with Crippen LogP contribution in [-0.4, -0.2) is 68.2 Å². The van der Waals surface area contributed by atoms with E-state index < -0.39 is 6.04 Å². The summed E-state index contributed by atoms with van der Waals surface area (Å²) in [6.45, 7) is 2.72. The number of hydrogen-bond acceptors (Lipinski definition) is 6. The van der Waals surface area contributed by atoms with Gasteiger partial charge in [0.05, 0.1) is 12.1 Å². The summed E-state index contributed by atoms with van der Waals surface area (Å²) < 4.78 is 16.1. The molecule has 4 rings (SSSR count). The Kier molecular flexibility index (Phi) is 6.55. The molecule has 7 nitrogen and oxygen atoms in total. The summed E-state index contributed by atoms with van der Waals surface area (Å²) in [5, 5.41) is 0.853. The predicted molar refractivity (Wildman–Crippen MR) is 116 cm³/mol. The van der Waals surface area contributed by atoms with Crippen molar-refractivity contribution >= 4 is 35.1 Å². The molecule has 1 unspecified atom stereocenters. The fourth-order valence-electron chi connectivity index (χ4n) is 3.88. The summed E-state index contributed by atoms with van der Waals surface area (Å²) >= 11 is 12.6. The molecular weight excluding hydrogens is 443 g/mol. The van der Waals surface area contributed by atoms with Crippen LogP contribution in [0.25, 0.3) is 0 Å². The number of rotatable bonds is 4. The first-order valence-electron chi connectivity index (χ1n) is 9.94. The van der Waals surface area contributed by atoms with Crippen LogP contribution in [0.2, 0.25) is 10.0 Å². The maximum Gasteiger partial charge on any atom is 0.327 e. The van der Waals surface area contributed by atoms with E-state index in [1.165, 1.54) is 7.11 Å². The van der Waals surface area contributed by atoms with Crippen molar-refractivity contribution in [1.82, 2.24) is 9.80 Å². The zero-order chi connectivity index (χ0) is 22.0. The van der Waals surface area contributed by atoms with E-state index in [-0.39, 0.29) is 11.9 Å². The van der Waals surface area contributed by atoms with E-state index in [4.69, 9.17) is 37.4 Å². The number of esters is 1. The number of benzene rings is 2. The summed E-state index contributed by atoms with van der Waals surface area (Å²) in [6, 6.07) is 9.86. The first-order chi connectivity index (χ1) is 15.0. The van der Waals surface area contributed by atoms with Crippen LogP contribution in [0.1, 0.15) is 22.0 Å². The van der Waals surface area contributed by atoms with Crippen molar-refractivity contribution < 1.29 is 23.8 Å². The second kappa shape index (κ2) is 9.34. The molecule has 2 aromatic rings. The van der Waals surface area contributed by atoms with E-state index in [1.54, 1.807) is 23.1 Å². The lowest BCUT2D eigenvalue weighted by Crippen LogP contribution is -2.51. The third kappa shape index (κ3) is 4.44. The van der Waals surface area contributed by atoms with Gasteiger partial charge in [0.25, 0.3) is 5.91 Å². The molecule has 1 amide bonds. The van der Waals surface area contributed by atoms with Crippen molar-refractivity contribution in [3.8, 4) is 11.5 Å². The van der Waals surface area contributed by atoms with Crippen molar-refractivity contribution in [2.75, 3.05) is 46.5 Å². The van der Waals surface area contributed by atoms with Crippen LogP contribution in [-0.2, 0) is 9.53 Å². The molecule has 0 aromatic heterocycles. The summed E-state index contributed by atoms with van der Waals surface area (Å²) in [4.78, 5) is 29.3. The van der Waals surface area contributed by atoms with Gasteiger partial charge in [0.1, 0.15) is 19.3 Å². The standard InChI is InChI=1S/C22H22Cl2N2O5/c1-29-22(28)19(15-4-2-3-5-16(15)23)25-6-8-26(9-7-25)21(27)14-12-17(24)20-18(13-14)30-10-11-31-20/h2-5,12-13,19H,6-11H2,1H3. The first-order valence-corrected chi connectivity index (χ1v) is 10.7. The molecule has 2 aliphatic heterocycles. The predicted octanol–water partition coefficient (Wildman–Crippen LogP) is 3.44. The monoisotopic (exact) mass is 464 g/mol. The zero-order valence-electron chi connectivity index (χ0n) is 17.0. The molecule has 0 radical (unpaired) electrons. The third-order valence-electron chi connectivity index (χ3n) is 5.43. The van der Waals surface area contributed by atoms with Gasteiger partial charge in [-0.1, -0.05) is 41.4 Å². The molecule has 9 heteroatoms. The van der Waals surface area contributed by atoms with Crippen LogP contribution in [0.5, 0.6) is 11.5 Å². The molecule has 2 aromatic carbocycles. The number of nitrogens with zero attached hydrogens (tertiary/aromatic N) is 2. The van der Waals surface area contributed by atoms with Crippen LogP contribution in [0.15, 0.2) is 36.4 Å². The summed E-state index contributed by atoms with van der Waals surface area (Å²) in [6.07, 6.45) is 0. The molecule has 1 atom stereocenters. The maximum absolute atomic E-state index is 13.1. The van der Waals surface area contributed by atoms with Crippen LogP contribution < -0.4 is 9.47 Å². The fraction of sp³-hybridized carbons (Fsp3) is 0.364. The quantitative estimate of drug-likeness (QED) is 0.645. The van der Waals surface area contributed by atoms with Gasteiger partial charge in [-0.2, -0.15) is 0 Å². The van der Waals surface area contributed by atoms with E-state index in [0.29, 0.717) is 72.1 Å². The largest absolute Gasteiger partial charge is 0.486 e. The van der Waals surface area contributed by atoms with Crippen molar-refractivity contribution in [1.29, 1.82) is 0 Å². The van der Waals surface area contributed by atoms with Crippen LogP contribution in [0.3, 0.4) is 0 Å². The average molecular weight is 465 g/mol. The molecule has 0 N–H and O–H groups in total. The van der Waals surface area contributed by atoms with Gasteiger partial charge in [-0.15, -0.1) is 0 Å². The minimum Gasteiger partial charge on any atom is -0.486 e. The van der Waals surface area contributed by atoms with Crippen LogP contribution in [0, 0.1) is 0 Å². The lowest BCUT2D eigenvalue weighted by Gasteiger charge is -2.38. The number of carbonyl (C=O) groups is 2. The summed E-state index contributed by atoms with van der Waals surface area (Å²) in [5.41, 5.74) is 1.13. The smallest absolute Gasteiger partial charge is 0.327 e. The van der Waals surface area contributed by atoms with E-state index in [9.17, 15) is 9.59 Å². The number of hydrogen-bond donors (Lipinski definition) is 0. The molecule has 164 valence electrons. The lowest BCUT2D eigenvalue weighted by molar-refractivity contribution is -0.148. The van der Waals surface area contributed by atoms with E-state index in [1.807, 2.05) is 23.1 Å². The van der Waals surface area contributed by atoms with Gasteiger partial charge in [0.2, 0.25) is 0 Å². The van der Waals surface area contributed by atoms with Gasteiger partial charge in [-0.05, 0) is 23.8 Å². The number of amides is 1. The highest BCUT2D eigenvalue weighted by molar-refractivity contribution is 6.32. The Morgan fingerprint density at radius 1 is 1.00 bits per heavy atom. The Morgan fingerprint density at radius 2 is 1.71 bits per heavy atom. The van der Waals surface area contributed by atoms with Crippen molar-refractivity contribution in [2.24, 2.45) is 0 Å². The number of piperazine rings is 1. The average Bonchev–Trinajstić information content (AvgIpc) is 2.80. The molecule has 31 heavy (non-hydrogen) atoms. The third-order valence-corrected chi connectivity index (χ3v) is 6.06. The van der Waals surface area contributed by atoms with Crippen LogP contribution >= 0.6 is 23.2 Å². The SMILES string of the molecule is COC(=O)C(c1ccccc1Cl)N1CCN(C(=O)c2cc(Cl)c3c(c2)OCCO3)CC1. The molecule has 0 spiro atoms.